The first-order chi connectivity index (χ1) is 8.46. The lowest BCUT2D eigenvalue weighted by molar-refractivity contribution is -0.170. The average Bonchev–Trinajstić information content (AvgIpc) is 2.28. The molecule has 5 heteroatoms. The van der Waals surface area contributed by atoms with Crippen LogP contribution < -0.4 is 0 Å². The lowest BCUT2D eigenvalue weighted by Gasteiger charge is -2.47. The molecule has 104 valence electrons. The quantitative estimate of drug-likeness (QED) is 0.774. The molecule has 0 aromatic rings. The average molecular weight is 257 g/mol. The molecule has 1 N–H and O–H groups in total. The molecular weight excluding hydrogens is 234 g/mol. The lowest BCUT2D eigenvalue weighted by atomic mass is 9.78. The minimum absolute atomic E-state index is 0.241. The Hall–Kier alpha value is -0.810. The van der Waals surface area contributed by atoms with E-state index in [4.69, 9.17) is 9.47 Å². The van der Waals surface area contributed by atoms with E-state index in [9.17, 15) is 9.90 Å². The Kier molecular flexibility index (Phi) is 3.82. The summed E-state index contributed by atoms with van der Waals surface area (Å²) in [6.45, 7) is 5.99. The van der Waals surface area contributed by atoms with E-state index < -0.39 is 5.60 Å². The molecular formula is C13H23NO4. The summed E-state index contributed by atoms with van der Waals surface area (Å²) in [6, 6.07) is 0. The van der Waals surface area contributed by atoms with Crippen molar-refractivity contribution in [2.45, 2.75) is 50.7 Å². The van der Waals surface area contributed by atoms with Gasteiger partial charge in [-0.15, -0.1) is 0 Å². The first kappa shape index (κ1) is 13.6. The van der Waals surface area contributed by atoms with E-state index in [0.717, 1.165) is 12.8 Å². The van der Waals surface area contributed by atoms with E-state index in [1.54, 1.807) is 4.90 Å². The highest BCUT2D eigenvalue weighted by atomic mass is 16.6. The third-order valence-electron chi connectivity index (χ3n) is 3.95. The summed E-state index contributed by atoms with van der Waals surface area (Å²) in [4.78, 5) is 13.3. The van der Waals surface area contributed by atoms with Gasteiger partial charge in [0.05, 0.1) is 24.4 Å². The van der Waals surface area contributed by atoms with Crippen LogP contribution in [-0.4, -0.2) is 53.6 Å². The molecule has 0 aromatic heterocycles. The van der Waals surface area contributed by atoms with Gasteiger partial charge in [-0.05, 0) is 33.1 Å². The molecule has 0 unspecified atom stereocenters. The number of ether oxygens (including phenoxy) is 2. The number of piperidine rings is 1. The minimum Gasteiger partial charge on any atom is -0.450 e. The van der Waals surface area contributed by atoms with Crippen LogP contribution in [0.5, 0.6) is 0 Å². The second-order valence-corrected chi connectivity index (χ2v) is 5.64. The molecule has 2 aliphatic heterocycles. The first-order valence-corrected chi connectivity index (χ1v) is 6.74. The molecule has 1 spiro atoms. The van der Waals surface area contributed by atoms with Crippen molar-refractivity contribution in [3.63, 3.8) is 0 Å². The Labute approximate surface area is 108 Å². The van der Waals surface area contributed by atoms with Crippen LogP contribution in [0.15, 0.2) is 0 Å². The Balaban J connectivity index is 1.91. The van der Waals surface area contributed by atoms with Gasteiger partial charge in [-0.3, -0.25) is 0 Å². The van der Waals surface area contributed by atoms with E-state index in [2.05, 4.69) is 0 Å². The molecule has 2 heterocycles. The maximum absolute atomic E-state index is 11.6. The number of rotatable bonds is 1. The highest BCUT2D eigenvalue weighted by molar-refractivity contribution is 5.67. The van der Waals surface area contributed by atoms with E-state index in [1.807, 2.05) is 13.8 Å². The smallest absolute Gasteiger partial charge is 0.409 e. The topological polar surface area (TPSA) is 59.0 Å². The molecule has 2 aliphatic rings. The minimum atomic E-state index is -0.635. The van der Waals surface area contributed by atoms with Crippen molar-refractivity contribution in [3.8, 4) is 0 Å². The van der Waals surface area contributed by atoms with Crippen molar-refractivity contribution in [1.82, 2.24) is 4.90 Å². The van der Waals surface area contributed by atoms with Crippen molar-refractivity contribution in [2.75, 3.05) is 26.3 Å². The highest BCUT2D eigenvalue weighted by Crippen LogP contribution is 2.39. The van der Waals surface area contributed by atoms with Crippen LogP contribution in [-0.2, 0) is 9.47 Å². The highest BCUT2D eigenvalue weighted by Gasteiger charge is 2.45. The van der Waals surface area contributed by atoms with Gasteiger partial charge in [-0.25, -0.2) is 4.79 Å². The van der Waals surface area contributed by atoms with E-state index >= 15 is 0 Å². The van der Waals surface area contributed by atoms with Gasteiger partial charge < -0.3 is 19.5 Å². The Morgan fingerprint density at radius 2 is 2.06 bits per heavy atom. The monoisotopic (exact) mass is 257 g/mol. The zero-order valence-electron chi connectivity index (χ0n) is 11.3. The number of nitrogens with zero attached hydrogens (tertiary/aromatic N) is 1. The maximum atomic E-state index is 11.6. The third kappa shape index (κ3) is 2.95. The molecule has 0 bridgehead atoms. The fraction of sp³-hybridized carbons (Fsp3) is 0.923. The summed E-state index contributed by atoms with van der Waals surface area (Å²) in [5, 5.41) is 10.2. The van der Waals surface area contributed by atoms with Gasteiger partial charge in [0.2, 0.25) is 0 Å². The Bertz CT molecular complexity index is 308. The number of aliphatic hydroxyl groups is 1. The zero-order chi connectivity index (χ0) is 13.2. The first-order valence-electron chi connectivity index (χ1n) is 6.74. The molecule has 0 aliphatic carbocycles. The fourth-order valence-corrected chi connectivity index (χ4v) is 2.95. The van der Waals surface area contributed by atoms with Crippen LogP contribution in [0.1, 0.15) is 39.5 Å². The number of hydrogen-bond acceptors (Lipinski definition) is 4. The molecule has 5 nitrogen and oxygen atoms in total. The Morgan fingerprint density at radius 3 is 2.61 bits per heavy atom. The van der Waals surface area contributed by atoms with Gasteiger partial charge in [0.25, 0.3) is 0 Å². The van der Waals surface area contributed by atoms with Crippen LogP contribution in [0, 0.1) is 0 Å². The van der Waals surface area contributed by atoms with Crippen molar-refractivity contribution in [2.24, 2.45) is 0 Å². The second-order valence-electron chi connectivity index (χ2n) is 5.64. The van der Waals surface area contributed by atoms with Crippen LogP contribution in [0.3, 0.4) is 0 Å². The van der Waals surface area contributed by atoms with Crippen molar-refractivity contribution >= 4 is 6.09 Å². The van der Waals surface area contributed by atoms with Crippen molar-refractivity contribution in [1.29, 1.82) is 0 Å². The maximum Gasteiger partial charge on any atom is 0.409 e. The van der Waals surface area contributed by atoms with Crippen LogP contribution in [0.4, 0.5) is 4.79 Å². The van der Waals surface area contributed by atoms with Crippen molar-refractivity contribution < 1.29 is 19.4 Å². The SMILES string of the molecule is CCOC(=O)N1CCC2(CC1)C[C@](C)(O)CCO2. The third-order valence-corrected chi connectivity index (χ3v) is 3.95. The summed E-state index contributed by atoms with van der Waals surface area (Å²) in [5.41, 5.74) is -0.880. The zero-order valence-corrected chi connectivity index (χ0v) is 11.3. The molecule has 18 heavy (non-hydrogen) atoms. The van der Waals surface area contributed by atoms with Crippen LogP contribution in [0.2, 0.25) is 0 Å². The number of carbonyl (C=O) groups is 1. The predicted molar refractivity (Wildman–Crippen MR) is 66.4 cm³/mol. The number of amides is 1. The Morgan fingerprint density at radius 1 is 1.39 bits per heavy atom. The van der Waals surface area contributed by atoms with E-state index in [-0.39, 0.29) is 11.7 Å². The second kappa shape index (κ2) is 5.05. The molecule has 0 saturated carbocycles. The van der Waals surface area contributed by atoms with Gasteiger partial charge in [0, 0.05) is 19.5 Å². The summed E-state index contributed by atoms with van der Waals surface area (Å²) in [5.74, 6) is 0. The normalized spacial score (nSPS) is 31.4. The summed E-state index contributed by atoms with van der Waals surface area (Å²) >= 11 is 0. The van der Waals surface area contributed by atoms with Gasteiger partial charge in [0.15, 0.2) is 0 Å². The number of likely N-dealkylation sites (tertiary alicyclic amines) is 1. The largest absolute Gasteiger partial charge is 0.450 e. The van der Waals surface area contributed by atoms with Gasteiger partial charge >= 0.3 is 6.09 Å². The summed E-state index contributed by atoms with van der Waals surface area (Å²) in [6.07, 6.45) is 2.67. The van der Waals surface area contributed by atoms with Crippen LogP contribution >= 0.6 is 0 Å². The molecule has 0 radical (unpaired) electrons. The van der Waals surface area contributed by atoms with Gasteiger partial charge in [-0.1, -0.05) is 0 Å². The molecule has 2 saturated heterocycles. The predicted octanol–water partition coefficient (Wildman–Crippen LogP) is 1.54. The van der Waals surface area contributed by atoms with Crippen LogP contribution in [0.25, 0.3) is 0 Å². The number of carbonyl (C=O) groups excluding carboxylic acids is 1. The molecule has 2 fully saturated rings. The summed E-state index contributed by atoms with van der Waals surface area (Å²) < 4.78 is 10.9. The molecule has 2 rings (SSSR count). The van der Waals surface area contributed by atoms with E-state index in [1.165, 1.54) is 0 Å². The van der Waals surface area contributed by atoms with Gasteiger partial charge in [0.1, 0.15) is 0 Å². The molecule has 1 amide bonds. The van der Waals surface area contributed by atoms with Gasteiger partial charge in [-0.2, -0.15) is 0 Å². The fourth-order valence-electron chi connectivity index (χ4n) is 2.95. The summed E-state index contributed by atoms with van der Waals surface area (Å²) in [7, 11) is 0. The lowest BCUT2D eigenvalue weighted by Crippen LogP contribution is -2.54. The van der Waals surface area contributed by atoms with E-state index in [0.29, 0.717) is 39.1 Å². The molecule has 0 aromatic carbocycles. The number of hydrogen-bond donors (Lipinski definition) is 1. The standard InChI is InChI=1S/C13H23NO4/c1-3-17-11(15)14-7-4-13(5-8-14)10-12(2,16)6-9-18-13/h16H,3-10H2,1-2H3/t12-/m1/s1. The molecule has 1 atom stereocenters. The van der Waals surface area contributed by atoms with Crippen molar-refractivity contribution in [3.05, 3.63) is 0 Å².